The zero-order valence-electron chi connectivity index (χ0n) is 16.5. The Balaban J connectivity index is 1.24. The fourth-order valence-corrected chi connectivity index (χ4v) is 2.97. The van der Waals surface area contributed by atoms with Crippen LogP contribution in [0.3, 0.4) is 0 Å². The van der Waals surface area contributed by atoms with Crippen LogP contribution in [0.2, 0.25) is 0 Å². The minimum atomic E-state index is -0.0978. The molecule has 0 aliphatic heterocycles. The van der Waals surface area contributed by atoms with Crippen LogP contribution in [0.25, 0.3) is 11.5 Å². The van der Waals surface area contributed by atoms with Crippen molar-refractivity contribution in [2.45, 2.75) is 19.6 Å². The number of para-hydroxylation sites is 1. The van der Waals surface area contributed by atoms with E-state index in [0.29, 0.717) is 24.7 Å². The summed E-state index contributed by atoms with van der Waals surface area (Å²) in [6.45, 7) is 0.967. The summed E-state index contributed by atoms with van der Waals surface area (Å²) < 4.78 is 11.2. The van der Waals surface area contributed by atoms with Crippen molar-refractivity contribution in [3.05, 3.63) is 108 Å². The molecule has 3 aromatic carbocycles. The average molecular weight is 398 g/mol. The van der Waals surface area contributed by atoms with Gasteiger partial charge in [0.1, 0.15) is 18.6 Å². The van der Waals surface area contributed by atoms with E-state index < -0.39 is 0 Å². The number of carbonyl (C=O) groups excluding carboxylic acids is 1. The quantitative estimate of drug-likeness (QED) is 0.464. The van der Waals surface area contributed by atoms with Crippen LogP contribution in [0.1, 0.15) is 16.8 Å². The number of nitrogens with one attached hydrogen (secondary N) is 1. The van der Waals surface area contributed by atoms with Crippen LogP contribution in [0.5, 0.6) is 5.75 Å². The number of ether oxygens (including phenoxy) is 1. The summed E-state index contributed by atoms with van der Waals surface area (Å²) in [5, 5.41) is 2.92. The molecule has 30 heavy (non-hydrogen) atoms. The number of aromatic nitrogens is 1. The number of benzene rings is 3. The molecule has 5 nitrogen and oxygen atoms in total. The molecule has 4 aromatic rings. The fourth-order valence-electron chi connectivity index (χ4n) is 2.97. The van der Waals surface area contributed by atoms with E-state index >= 15 is 0 Å². The van der Waals surface area contributed by atoms with Crippen LogP contribution in [0.15, 0.2) is 95.6 Å². The Hall–Kier alpha value is -3.86. The summed E-state index contributed by atoms with van der Waals surface area (Å²) in [7, 11) is 0. The molecule has 0 saturated carbocycles. The highest BCUT2D eigenvalue weighted by atomic mass is 16.5. The summed E-state index contributed by atoms with van der Waals surface area (Å²) >= 11 is 0. The molecule has 0 aliphatic carbocycles. The topological polar surface area (TPSA) is 64.4 Å². The van der Waals surface area contributed by atoms with Gasteiger partial charge in [0.2, 0.25) is 11.8 Å². The van der Waals surface area contributed by atoms with Crippen molar-refractivity contribution < 1.29 is 13.9 Å². The average Bonchev–Trinajstić information content (AvgIpc) is 3.27. The molecule has 5 heteroatoms. The van der Waals surface area contributed by atoms with Crippen molar-refractivity contribution in [1.29, 1.82) is 0 Å². The second-order valence-corrected chi connectivity index (χ2v) is 6.88. The predicted octanol–water partition coefficient (Wildman–Crippen LogP) is 4.78. The molecule has 0 spiro atoms. The van der Waals surface area contributed by atoms with Crippen molar-refractivity contribution in [2.24, 2.45) is 0 Å². The van der Waals surface area contributed by atoms with E-state index in [0.717, 1.165) is 22.4 Å². The van der Waals surface area contributed by atoms with Gasteiger partial charge in [-0.1, -0.05) is 60.7 Å². The Morgan fingerprint density at radius 3 is 2.27 bits per heavy atom. The third-order valence-electron chi connectivity index (χ3n) is 4.58. The van der Waals surface area contributed by atoms with E-state index in [2.05, 4.69) is 10.3 Å². The molecule has 1 amide bonds. The van der Waals surface area contributed by atoms with Crippen LogP contribution < -0.4 is 10.1 Å². The van der Waals surface area contributed by atoms with Gasteiger partial charge in [0.05, 0.1) is 12.1 Å². The molecule has 0 aliphatic rings. The lowest BCUT2D eigenvalue weighted by atomic mass is 10.1. The highest BCUT2D eigenvalue weighted by Gasteiger charge is 2.10. The van der Waals surface area contributed by atoms with E-state index in [-0.39, 0.29) is 12.3 Å². The van der Waals surface area contributed by atoms with Crippen LogP contribution >= 0.6 is 0 Å². The summed E-state index contributed by atoms with van der Waals surface area (Å²) in [5.41, 5.74) is 3.60. The van der Waals surface area contributed by atoms with Crippen molar-refractivity contribution in [1.82, 2.24) is 10.3 Å². The van der Waals surface area contributed by atoms with Crippen LogP contribution in [-0.2, 0) is 24.4 Å². The van der Waals surface area contributed by atoms with Gasteiger partial charge in [0.25, 0.3) is 0 Å². The molecule has 0 unspecified atom stereocenters. The predicted molar refractivity (Wildman–Crippen MR) is 115 cm³/mol. The van der Waals surface area contributed by atoms with Gasteiger partial charge < -0.3 is 14.5 Å². The minimum Gasteiger partial charge on any atom is -0.489 e. The maximum absolute atomic E-state index is 12.2. The van der Waals surface area contributed by atoms with Crippen LogP contribution in [-0.4, -0.2) is 10.9 Å². The smallest absolute Gasteiger partial charge is 0.226 e. The van der Waals surface area contributed by atoms with Gasteiger partial charge in [-0.15, -0.1) is 0 Å². The summed E-state index contributed by atoms with van der Waals surface area (Å²) in [4.78, 5) is 16.6. The SMILES string of the molecule is O=C(Cc1coc(-c2ccccc2)n1)NCc1ccc(COc2ccccc2)cc1. The molecular formula is C25H22N2O3. The zero-order valence-corrected chi connectivity index (χ0v) is 16.5. The number of nitrogens with zero attached hydrogens (tertiary/aromatic N) is 1. The third-order valence-corrected chi connectivity index (χ3v) is 4.58. The lowest BCUT2D eigenvalue weighted by Gasteiger charge is -2.08. The first-order valence-corrected chi connectivity index (χ1v) is 9.78. The van der Waals surface area contributed by atoms with Gasteiger partial charge in [-0.2, -0.15) is 0 Å². The number of carbonyl (C=O) groups is 1. The standard InChI is InChI=1S/C25H22N2O3/c28-24(15-22-18-30-25(27-22)21-7-3-1-4-8-21)26-16-19-11-13-20(14-12-19)17-29-23-9-5-2-6-10-23/h1-14,18H,15-17H2,(H,26,28). The normalized spacial score (nSPS) is 10.5. The lowest BCUT2D eigenvalue weighted by molar-refractivity contribution is -0.120. The van der Waals surface area contributed by atoms with Crippen molar-refractivity contribution in [3.63, 3.8) is 0 Å². The van der Waals surface area contributed by atoms with Gasteiger partial charge in [0.15, 0.2) is 0 Å². The Bertz CT molecular complexity index is 1070. The van der Waals surface area contributed by atoms with Gasteiger partial charge in [-0.3, -0.25) is 4.79 Å². The molecule has 0 fully saturated rings. The highest BCUT2D eigenvalue weighted by molar-refractivity contribution is 5.78. The van der Waals surface area contributed by atoms with Gasteiger partial charge in [-0.25, -0.2) is 4.98 Å². The Morgan fingerprint density at radius 1 is 0.867 bits per heavy atom. The summed E-state index contributed by atoms with van der Waals surface area (Å²) in [6, 6.07) is 27.3. The molecule has 4 rings (SSSR count). The first kappa shape index (κ1) is 19.5. The zero-order chi connectivity index (χ0) is 20.6. The summed E-state index contributed by atoms with van der Waals surface area (Å²) in [5.74, 6) is 1.27. The number of amides is 1. The summed E-state index contributed by atoms with van der Waals surface area (Å²) in [6.07, 6.45) is 1.71. The van der Waals surface area contributed by atoms with E-state index in [1.165, 1.54) is 6.26 Å². The molecule has 0 saturated heterocycles. The third kappa shape index (κ3) is 5.35. The van der Waals surface area contributed by atoms with Gasteiger partial charge in [0, 0.05) is 12.1 Å². The molecule has 150 valence electrons. The molecule has 1 heterocycles. The van der Waals surface area contributed by atoms with Gasteiger partial charge >= 0.3 is 0 Å². The van der Waals surface area contributed by atoms with Crippen molar-refractivity contribution in [3.8, 4) is 17.2 Å². The highest BCUT2D eigenvalue weighted by Crippen LogP contribution is 2.18. The van der Waals surface area contributed by atoms with E-state index in [9.17, 15) is 4.79 Å². The lowest BCUT2D eigenvalue weighted by Crippen LogP contribution is -2.24. The number of oxazole rings is 1. The van der Waals surface area contributed by atoms with E-state index in [1.54, 1.807) is 0 Å². The minimum absolute atomic E-state index is 0.0978. The maximum atomic E-state index is 12.2. The molecule has 0 bridgehead atoms. The van der Waals surface area contributed by atoms with E-state index in [4.69, 9.17) is 9.15 Å². The first-order chi connectivity index (χ1) is 14.8. The maximum Gasteiger partial charge on any atom is 0.226 e. The second kappa shape index (κ2) is 9.56. The molecule has 0 radical (unpaired) electrons. The molecular weight excluding hydrogens is 376 g/mol. The van der Waals surface area contributed by atoms with Crippen LogP contribution in [0.4, 0.5) is 0 Å². The van der Waals surface area contributed by atoms with E-state index in [1.807, 2.05) is 84.9 Å². The van der Waals surface area contributed by atoms with Gasteiger partial charge in [-0.05, 0) is 35.4 Å². The number of hydrogen-bond donors (Lipinski definition) is 1. The second-order valence-electron chi connectivity index (χ2n) is 6.88. The van der Waals surface area contributed by atoms with Crippen LogP contribution in [0, 0.1) is 0 Å². The Labute approximate surface area is 175 Å². The fraction of sp³-hybridized carbons (Fsp3) is 0.120. The molecule has 1 aromatic heterocycles. The largest absolute Gasteiger partial charge is 0.489 e. The number of rotatable bonds is 8. The van der Waals surface area contributed by atoms with Crippen molar-refractivity contribution in [2.75, 3.05) is 0 Å². The Morgan fingerprint density at radius 2 is 1.53 bits per heavy atom. The monoisotopic (exact) mass is 398 g/mol. The molecule has 0 atom stereocenters. The first-order valence-electron chi connectivity index (χ1n) is 9.78. The van der Waals surface area contributed by atoms with Crippen molar-refractivity contribution >= 4 is 5.91 Å². The molecule has 1 N–H and O–H groups in total. The Kier molecular flexibility index (Phi) is 6.20. The number of hydrogen-bond acceptors (Lipinski definition) is 4.